The van der Waals surface area contributed by atoms with Crippen LogP contribution in [0.25, 0.3) is 17.0 Å². The molecule has 152 valence electrons. The molecule has 0 bridgehead atoms. The Bertz CT molecular complexity index is 1180. The van der Waals surface area contributed by atoms with Gasteiger partial charge < -0.3 is 9.84 Å². The third kappa shape index (κ3) is 4.14. The summed E-state index contributed by atoms with van der Waals surface area (Å²) in [6.45, 7) is 0.474. The van der Waals surface area contributed by atoms with Crippen molar-refractivity contribution < 1.29 is 14.6 Å². The van der Waals surface area contributed by atoms with E-state index in [4.69, 9.17) is 28.6 Å². The number of thiocarbonyl (C=S) groups is 1. The van der Waals surface area contributed by atoms with Gasteiger partial charge in [0.25, 0.3) is 5.91 Å². The van der Waals surface area contributed by atoms with Gasteiger partial charge in [0.15, 0.2) is 0 Å². The van der Waals surface area contributed by atoms with E-state index in [0.29, 0.717) is 44.2 Å². The second-order valence-corrected chi connectivity index (χ2v) is 8.71. The zero-order chi connectivity index (χ0) is 21.3. The van der Waals surface area contributed by atoms with Gasteiger partial charge in [0, 0.05) is 11.9 Å². The largest absolute Gasteiger partial charge is 0.508 e. The summed E-state index contributed by atoms with van der Waals surface area (Å²) < 4.78 is 5.91. The van der Waals surface area contributed by atoms with Crippen molar-refractivity contribution in [3.63, 3.8) is 0 Å². The molecule has 5 nitrogen and oxygen atoms in total. The highest BCUT2D eigenvalue weighted by molar-refractivity contribution is 8.26. The summed E-state index contributed by atoms with van der Waals surface area (Å²) in [5.74, 6) is 0.697. The fraction of sp³-hybridized carbons (Fsp3) is 0.136. The fourth-order valence-corrected chi connectivity index (χ4v) is 4.66. The fourth-order valence-electron chi connectivity index (χ4n) is 3.15. The van der Waals surface area contributed by atoms with Crippen LogP contribution >= 0.6 is 35.6 Å². The third-order valence-corrected chi connectivity index (χ3v) is 6.43. The summed E-state index contributed by atoms with van der Waals surface area (Å²) in [7, 11) is 1.58. The van der Waals surface area contributed by atoms with Crippen LogP contribution in [0.15, 0.2) is 53.4 Å². The van der Waals surface area contributed by atoms with Crippen molar-refractivity contribution in [3.05, 3.63) is 69.7 Å². The quantitative estimate of drug-likeness (QED) is 0.428. The molecule has 1 aliphatic heterocycles. The van der Waals surface area contributed by atoms with E-state index in [-0.39, 0.29) is 11.7 Å². The van der Waals surface area contributed by atoms with E-state index in [1.54, 1.807) is 42.4 Å². The van der Waals surface area contributed by atoms with Crippen LogP contribution in [0.4, 0.5) is 0 Å². The number of pyridine rings is 1. The van der Waals surface area contributed by atoms with Gasteiger partial charge in [0.2, 0.25) is 0 Å². The Labute approximate surface area is 188 Å². The van der Waals surface area contributed by atoms with E-state index in [0.717, 1.165) is 10.9 Å². The molecule has 0 atom stereocenters. The van der Waals surface area contributed by atoms with E-state index in [2.05, 4.69) is 4.98 Å². The van der Waals surface area contributed by atoms with Crippen molar-refractivity contribution in [2.24, 2.45) is 0 Å². The number of benzene rings is 2. The number of hydrogen-bond acceptors (Lipinski definition) is 6. The lowest BCUT2D eigenvalue weighted by molar-refractivity contribution is -0.122. The molecule has 1 aromatic heterocycles. The molecule has 3 aromatic rings. The normalized spacial score (nSPS) is 15.4. The average molecular weight is 457 g/mol. The number of hydrogen-bond donors (Lipinski definition) is 1. The van der Waals surface area contributed by atoms with Crippen molar-refractivity contribution in [1.29, 1.82) is 0 Å². The first kappa shape index (κ1) is 20.7. The van der Waals surface area contributed by atoms with Crippen LogP contribution in [-0.2, 0) is 11.2 Å². The number of methoxy groups -OCH3 is 1. The lowest BCUT2D eigenvalue weighted by Gasteiger charge is -2.14. The van der Waals surface area contributed by atoms with Gasteiger partial charge in [0.1, 0.15) is 21.3 Å². The third-order valence-electron chi connectivity index (χ3n) is 4.72. The molecule has 1 saturated heterocycles. The van der Waals surface area contributed by atoms with E-state index in [1.165, 1.54) is 11.8 Å². The minimum atomic E-state index is -0.135. The predicted octanol–water partition coefficient (Wildman–Crippen LogP) is 5.05. The standard InChI is InChI=1S/C22H17ClN2O3S2/c1-28-18-9-8-17(23)16-7-4-14(24-20(16)18)12-19-21(27)25(22(29)30-19)11-10-13-2-5-15(26)6-3-13/h2-9,12,26H,10-11H2,1H3/b19-12-. The van der Waals surface area contributed by atoms with Crippen LogP contribution in [0, 0.1) is 0 Å². The monoisotopic (exact) mass is 456 g/mol. The number of rotatable bonds is 5. The Morgan fingerprint density at radius 1 is 1.20 bits per heavy atom. The average Bonchev–Trinajstić information content (AvgIpc) is 3.00. The molecule has 2 heterocycles. The van der Waals surface area contributed by atoms with Gasteiger partial charge in [0.05, 0.1) is 22.7 Å². The second-order valence-electron chi connectivity index (χ2n) is 6.63. The summed E-state index contributed by atoms with van der Waals surface area (Å²) in [5, 5.41) is 10.8. The number of phenolic OH excluding ortho intramolecular Hbond substituents is 1. The Kier molecular flexibility index (Phi) is 5.94. The van der Waals surface area contributed by atoms with Crippen molar-refractivity contribution in [3.8, 4) is 11.5 Å². The van der Waals surface area contributed by atoms with Gasteiger partial charge in [-0.2, -0.15) is 0 Å². The molecular formula is C22H17ClN2O3S2. The van der Waals surface area contributed by atoms with Gasteiger partial charge in [-0.05, 0) is 54.5 Å². The molecule has 1 N–H and O–H groups in total. The molecule has 0 radical (unpaired) electrons. The number of aromatic hydroxyl groups is 1. The molecule has 0 saturated carbocycles. The molecule has 4 rings (SSSR count). The zero-order valence-corrected chi connectivity index (χ0v) is 18.4. The molecule has 1 aliphatic rings. The summed E-state index contributed by atoms with van der Waals surface area (Å²) in [5.41, 5.74) is 2.29. The Morgan fingerprint density at radius 2 is 1.97 bits per heavy atom. The maximum Gasteiger partial charge on any atom is 0.266 e. The summed E-state index contributed by atoms with van der Waals surface area (Å²) in [6.07, 6.45) is 2.38. The van der Waals surface area contributed by atoms with Crippen LogP contribution in [0.2, 0.25) is 5.02 Å². The van der Waals surface area contributed by atoms with Crippen LogP contribution in [-0.4, -0.2) is 38.9 Å². The van der Waals surface area contributed by atoms with Gasteiger partial charge in [-0.1, -0.05) is 47.7 Å². The number of ether oxygens (including phenoxy) is 1. The number of nitrogens with zero attached hydrogens (tertiary/aromatic N) is 2. The minimum Gasteiger partial charge on any atom is -0.508 e. The molecular weight excluding hydrogens is 440 g/mol. The van der Waals surface area contributed by atoms with Gasteiger partial charge in [-0.3, -0.25) is 9.69 Å². The van der Waals surface area contributed by atoms with Gasteiger partial charge >= 0.3 is 0 Å². The summed E-state index contributed by atoms with van der Waals surface area (Å²) in [6, 6.07) is 14.1. The molecule has 8 heteroatoms. The number of fused-ring (bicyclic) bond motifs is 1. The lowest BCUT2D eigenvalue weighted by Crippen LogP contribution is -2.30. The van der Waals surface area contributed by atoms with Crippen molar-refractivity contribution in [2.45, 2.75) is 6.42 Å². The van der Waals surface area contributed by atoms with E-state index >= 15 is 0 Å². The summed E-state index contributed by atoms with van der Waals surface area (Å²) in [4.78, 5) is 19.6. The Balaban J connectivity index is 1.56. The zero-order valence-electron chi connectivity index (χ0n) is 16.0. The van der Waals surface area contributed by atoms with Crippen LogP contribution in [0.3, 0.4) is 0 Å². The van der Waals surface area contributed by atoms with Crippen molar-refractivity contribution in [2.75, 3.05) is 13.7 Å². The first-order chi connectivity index (χ1) is 14.5. The number of carbonyl (C=O) groups excluding carboxylic acids is 1. The Hall–Kier alpha value is -2.61. The van der Waals surface area contributed by atoms with Crippen molar-refractivity contribution >= 4 is 62.8 Å². The van der Waals surface area contributed by atoms with Gasteiger partial charge in [-0.25, -0.2) is 4.98 Å². The molecule has 0 unspecified atom stereocenters. The summed E-state index contributed by atoms with van der Waals surface area (Å²) >= 11 is 12.9. The number of amides is 1. The molecule has 0 aliphatic carbocycles. The van der Waals surface area contributed by atoms with E-state index in [9.17, 15) is 9.90 Å². The topological polar surface area (TPSA) is 62.7 Å². The van der Waals surface area contributed by atoms with Crippen molar-refractivity contribution in [1.82, 2.24) is 9.88 Å². The lowest BCUT2D eigenvalue weighted by atomic mass is 10.1. The number of phenols is 1. The number of halogens is 1. The van der Waals surface area contributed by atoms with Crippen LogP contribution in [0.1, 0.15) is 11.3 Å². The van der Waals surface area contributed by atoms with E-state index < -0.39 is 0 Å². The first-order valence-electron chi connectivity index (χ1n) is 9.13. The molecule has 0 spiro atoms. The highest BCUT2D eigenvalue weighted by atomic mass is 35.5. The van der Waals surface area contributed by atoms with Gasteiger partial charge in [-0.15, -0.1) is 0 Å². The Morgan fingerprint density at radius 3 is 2.70 bits per heavy atom. The number of thioether (sulfide) groups is 1. The van der Waals surface area contributed by atoms with Crippen LogP contribution < -0.4 is 4.74 Å². The minimum absolute atomic E-state index is 0.135. The molecule has 1 amide bonds. The highest BCUT2D eigenvalue weighted by Gasteiger charge is 2.31. The first-order valence-corrected chi connectivity index (χ1v) is 10.7. The number of carbonyl (C=O) groups is 1. The number of aromatic nitrogens is 1. The highest BCUT2D eigenvalue weighted by Crippen LogP contribution is 2.34. The predicted molar refractivity (Wildman–Crippen MR) is 125 cm³/mol. The maximum atomic E-state index is 12.9. The molecule has 1 fully saturated rings. The molecule has 30 heavy (non-hydrogen) atoms. The van der Waals surface area contributed by atoms with E-state index in [1.807, 2.05) is 24.3 Å². The molecule has 2 aromatic carbocycles. The van der Waals surface area contributed by atoms with Crippen LogP contribution in [0.5, 0.6) is 11.5 Å². The SMILES string of the molecule is COc1ccc(Cl)c2ccc(/C=C3\SC(=S)N(CCc4ccc(O)cc4)C3=O)nc12. The smallest absolute Gasteiger partial charge is 0.266 e. The maximum absolute atomic E-state index is 12.9. The second kappa shape index (κ2) is 8.63.